The highest BCUT2D eigenvalue weighted by Gasteiger charge is 2.30. The summed E-state index contributed by atoms with van der Waals surface area (Å²) in [7, 11) is 0. The molecule has 1 heterocycles. The Balaban J connectivity index is 1.97. The number of nitrogens with zero attached hydrogens (tertiary/aromatic N) is 2. The van der Waals surface area contributed by atoms with Gasteiger partial charge in [-0.25, -0.2) is 0 Å². The molecule has 0 bridgehead atoms. The summed E-state index contributed by atoms with van der Waals surface area (Å²) in [6, 6.07) is 11.5. The van der Waals surface area contributed by atoms with E-state index in [-0.39, 0.29) is 0 Å². The van der Waals surface area contributed by atoms with E-state index in [9.17, 15) is 0 Å². The molecule has 2 rings (SSSR count). The summed E-state index contributed by atoms with van der Waals surface area (Å²) in [4.78, 5) is 7.11. The zero-order valence-electron chi connectivity index (χ0n) is 11.3. The maximum atomic E-state index is 5.84. The van der Waals surface area contributed by atoms with E-state index in [4.69, 9.17) is 5.73 Å². The van der Waals surface area contributed by atoms with Gasteiger partial charge in [0.1, 0.15) is 0 Å². The van der Waals surface area contributed by atoms with E-state index >= 15 is 0 Å². The van der Waals surface area contributed by atoms with E-state index in [1.807, 2.05) is 0 Å². The highest BCUT2D eigenvalue weighted by Crippen LogP contribution is 2.22. The smallest absolute Gasteiger partial charge is 0.0938 e. The van der Waals surface area contributed by atoms with Crippen LogP contribution < -0.4 is 5.73 Å². The zero-order chi connectivity index (χ0) is 13.0. The van der Waals surface area contributed by atoms with Crippen LogP contribution in [0.25, 0.3) is 0 Å². The topological polar surface area (TPSA) is 41.6 Å². The van der Waals surface area contributed by atoms with Crippen molar-refractivity contribution in [3.05, 3.63) is 35.9 Å². The summed E-state index contributed by atoms with van der Waals surface area (Å²) in [5.74, 6) is 0.786. The third-order valence-electron chi connectivity index (χ3n) is 3.77. The highest BCUT2D eigenvalue weighted by atomic mass is 15.2. The van der Waals surface area contributed by atoms with Crippen molar-refractivity contribution in [2.45, 2.75) is 45.3 Å². The fraction of sp³-hybridized carbons (Fsp3) is 0.533. The molecule has 1 aliphatic heterocycles. The normalized spacial score (nSPS) is 25.6. The summed E-state index contributed by atoms with van der Waals surface area (Å²) in [6.45, 7) is 6.44. The van der Waals surface area contributed by atoms with Gasteiger partial charge in [-0.2, -0.15) is 0 Å². The molecule has 0 saturated carbocycles. The van der Waals surface area contributed by atoms with Crippen LogP contribution in [0.15, 0.2) is 35.3 Å². The largest absolute Gasteiger partial charge is 0.387 e. The van der Waals surface area contributed by atoms with Gasteiger partial charge in [-0.05, 0) is 18.9 Å². The molecule has 3 nitrogen and oxygen atoms in total. The third kappa shape index (κ3) is 3.10. The van der Waals surface area contributed by atoms with Gasteiger partial charge in [-0.1, -0.05) is 37.3 Å². The fourth-order valence-electron chi connectivity index (χ4n) is 2.50. The first-order valence-corrected chi connectivity index (χ1v) is 6.80. The fourth-order valence-corrected chi connectivity index (χ4v) is 2.50. The average molecular weight is 245 g/mol. The quantitative estimate of drug-likeness (QED) is 0.654. The molecule has 1 aliphatic rings. The summed E-state index contributed by atoms with van der Waals surface area (Å²) in [5, 5.41) is 0. The first kappa shape index (κ1) is 13.1. The van der Waals surface area contributed by atoms with Gasteiger partial charge in [-0.3, -0.25) is 9.89 Å². The van der Waals surface area contributed by atoms with Gasteiger partial charge in [0.25, 0.3) is 0 Å². The number of likely N-dealkylation sites (tertiary alicyclic amines) is 1. The van der Waals surface area contributed by atoms with Gasteiger partial charge < -0.3 is 5.73 Å². The van der Waals surface area contributed by atoms with Crippen molar-refractivity contribution in [1.29, 1.82) is 0 Å². The first-order valence-electron chi connectivity index (χ1n) is 6.80. The molecule has 0 aliphatic carbocycles. The zero-order valence-corrected chi connectivity index (χ0v) is 11.3. The molecular weight excluding hydrogens is 222 g/mol. The lowest BCUT2D eigenvalue weighted by Gasteiger charge is -2.23. The Hall–Kier alpha value is -1.35. The Labute approximate surface area is 110 Å². The van der Waals surface area contributed by atoms with Gasteiger partial charge in [-0.15, -0.1) is 0 Å². The Morgan fingerprint density at radius 1 is 1.39 bits per heavy atom. The lowest BCUT2D eigenvalue weighted by Crippen LogP contribution is -2.32. The molecule has 2 N–H and O–H groups in total. The number of hydrogen-bond donors (Lipinski definition) is 1. The molecule has 1 aromatic carbocycles. The van der Waals surface area contributed by atoms with E-state index in [0.29, 0.717) is 12.1 Å². The van der Waals surface area contributed by atoms with Gasteiger partial charge >= 0.3 is 0 Å². The number of amidine groups is 1. The summed E-state index contributed by atoms with van der Waals surface area (Å²) in [6.07, 6.45) is 1.97. The molecule has 2 atom stereocenters. The van der Waals surface area contributed by atoms with Gasteiger partial charge in [0, 0.05) is 25.6 Å². The van der Waals surface area contributed by atoms with Crippen LogP contribution in [0.2, 0.25) is 0 Å². The van der Waals surface area contributed by atoms with Crippen molar-refractivity contribution in [2.75, 3.05) is 6.54 Å². The van der Waals surface area contributed by atoms with Crippen LogP contribution in [0.5, 0.6) is 0 Å². The second-order valence-electron chi connectivity index (χ2n) is 5.03. The van der Waals surface area contributed by atoms with E-state index in [0.717, 1.165) is 31.8 Å². The Morgan fingerprint density at radius 2 is 2.11 bits per heavy atom. The van der Waals surface area contributed by atoms with Crippen LogP contribution in [0.3, 0.4) is 0 Å². The second kappa shape index (κ2) is 6.01. The lowest BCUT2D eigenvalue weighted by atomic mass is 10.1. The maximum Gasteiger partial charge on any atom is 0.0938 e. The van der Waals surface area contributed by atoms with Gasteiger partial charge in [0.05, 0.1) is 11.9 Å². The molecule has 1 saturated heterocycles. The summed E-state index contributed by atoms with van der Waals surface area (Å²) < 4.78 is 0. The Morgan fingerprint density at radius 3 is 2.78 bits per heavy atom. The minimum Gasteiger partial charge on any atom is -0.387 e. The molecule has 0 spiro atoms. The van der Waals surface area contributed by atoms with Crippen LogP contribution in [-0.2, 0) is 6.54 Å². The molecule has 0 amide bonds. The predicted octanol–water partition coefficient (Wildman–Crippen LogP) is 2.42. The monoisotopic (exact) mass is 245 g/mol. The summed E-state index contributed by atoms with van der Waals surface area (Å²) >= 11 is 0. The van der Waals surface area contributed by atoms with E-state index in [2.05, 4.69) is 54.1 Å². The molecule has 0 radical (unpaired) electrons. The van der Waals surface area contributed by atoms with E-state index < -0.39 is 0 Å². The highest BCUT2D eigenvalue weighted by molar-refractivity contribution is 5.80. The van der Waals surface area contributed by atoms with Crippen molar-refractivity contribution in [3.8, 4) is 0 Å². The number of nitrogens with two attached hydrogens (primary N) is 1. The molecule has 1 aromatic rings. The first-order chi connectivity index (χ1) is 8.70. The molecule has 1 fully saturated rings. The average Bonchev–Trinajstić information content (AvgIpc) is 2.73. The van der Waals surface area contributed by atoms with Crippen LogP contribution >= 0.6 is 0 Å². The van der Waals surface area contributed by atoms with Crippen LogP contribution in [0.4, 0.5) is 0 Å². The molecular formula is C15H23N3. The maximum absolute atomic E-state index is 5.84. The van der Waals surface area contributed by atoms with Crippen LogP contribution in [-0.4, -0.2) is 29.4 Å². The predicted molar refractivity (Wildman–Crippen MR) is 76.6 cm³/mol. The number of benzene rings is 1. The minimum atomic E-state index is 0.369. The van der Waals surface area contributed by atoms with Crippen molar-refractivity contribution in [3.63, 3.8) is 0 Å². The molecule has 0 aromatic heterocycles. The Kier molecular flexibility index (Phi) is 4.37. The Bertz CT molecular complexity index is 399. The van der Waals surface area contributed by atoms with E-state index in [1.54, 1.807) is 0 Å². The van der Waals surface area contributed by atoms with Crippen LogP contribution in [0, 0.1) is 0 Å². The molecule has 18 heavy (non-hydrogen) atoms. The van der Waals surface area contributed by atoms with Crippen molar-refractivity contribution < 1.29 is 0 Å². The number of hydrogen-bond acceptors (Lipinski definition) is 2. The van der Waals surface area contributed by atoms with Gasteiger partial charge in [0.15, 0.2) is 0 Å². The minimum absolute atomic E-state index is 0.369. The standard InChI is InChI=1S/C15H23N3/c1-3-15(16)17-14-9-10-18(12(14)2)11-13-7-5-4-6-8-13/h4-8,12,14H,3,9-11H2,1-2H3,(H2,16,17). The van der Waals surface area contributed by atoms with Crippen molar-refractivity contribution in [2.24, 2.45) is 10.7 Å². The molecule has 98 valence electrons. The number of rotatable bonds is 4. The van der Waals surface area contributed by atoms with Crippen LogP contribution in [0.1, 0.15) is 32.3 Å². The van der Waals surface area contributed by atoms with E-state index in [1.165, 1.54) is 5.56 Å². The second-order valence-corrected chi connectivity index (χ2v) is 5.03. The van der Waals surface area contributed by atoms with Crippen molar-refractivity contribution in [1.82, 2.24) is 4.90 Å². The summed E-state index contributed by atoms with van der Waals surface area (Å²) in [5.41, 5.74) is 7.22. The lowest BCUT2D eigenvalue weighted by molar-refractivity contribution is 0.252. The van der Waals surface area contributed by atoms with Crippen molar-refractivity contribution >= 4 is 5.84 Å². The van der Waals surface area contributed by atoms with Gasteiger partial charge in [0.2, 0.25) is 0 Å². The molecule has 3 heteroatoms. The molecule has 2 unspecified atom stereocenters. The SMILES string of the molecule is CCC(N)=NC1CCN(Cc2ccccc2)C1C. The third-order valence-corrected chi connectivity index (χ3v) is 3.77. The number of aliphatic imine (C=N–C) groups is 1.